The molecule has 0 aliphatic heterocycles. The second kappa shape index (κ2) is 7.87. The van der Waals surface area contributed by atoms with Crippen molar-refractivity contribution in [3.05, 3.63) is 47.9 Å². The van der Waals surface area contributed by atoms with Crippen molar-refractivity contribution < 1.29 is 19.0 Å². The molecule has 2 aromatic rings. The molecule has 0 bridgehead atoms. The van der Waals surface area contributed by atoms with Gasteiger partial charge < -0.3 is 24.3 Å². The van der Waals surface area contributed by atoms with Gasteiger partial charge in [-0.2, -0.15) is 0 Å². The molecule has 0 aliphatic rings. The Morgan fingerprint density at radius 2 is 1.95 bits per heavy atom. The molecule has 0 spiro atoms. The molecule has 0 saturated heterocycles. The lowest BCUT2D eigenvalue weighted by molar-refractivity contribution is 0.216. The Labute approximate surface area is 130 Å². The smallest absolute Gasteiger partial charge is 0.160 e. The minimum Gasteiger partial charge on any atom is -0.493 e. The van der Waals surface area contributed by atoms with Crippen LogP contribution in [0.5, 0.6) is 11.5 Å². The Morgan fingerprint density at radius 3 is 2.55 bits per heavy atom. The molecule has 0 aliphatic carbocycles. The fourth-order valence-corrected chi connectivity index (χ4v) is 2.48. The number of ether oxygens (including phenoxy) is 2. The van der Waals surface area contributed by atoms with E-state index in [9.17, 15) is 5.11 Å². The van der Waals surface area contributed by atoms with E-state index in [1.54, 1.807) is 20.5 Å². The highest BCUT2D eigenvalue weighted by Gasteiger charge is 2.16. The molecule has 2 atom stereocenters. The molecule has 5 nitrogen and oxygen atoms in total. The molecule has 1 aromatic carbocycles. The van der Waals surface area contributed by atoms with E-state index in [0.29, 0.717) is 0 Å². The third-order valence-corrected chi connectivity index (χ3v) is 3.54. The standard InChI is InChI=1S/C17H23NO4/c1-12(18-14(11-19)15-5-4-8-22-15)9-13-6-7-16(20-2)17(10-13)21-3/h4-8,10,12,14,18-19H,9,11H2,1-3H3. The van der Waals surface area contributed by atoms with Gasteiger partial charge in [0.25, 0.3) is 0 Å². The van der Waals surface area contributed by atoms with Gasteiger partial charge in [0, 0.05) is 6.04 Å². The van der Waals surface area contributed by atoms with Crippen molar-refractivity contribution in [2.45, 2.75) is 25.4 Å². The second-order valence-electron chi connectivity index (χ2n) is 5.21. The molecule has 120 valence electrons. The monoisotopic (exact) mass is 305 g/mol. The van der Waals surface area contributed by atoms with Gasteiger partial charge in [0.2, 0.25) is 0 Å². The number of rotatable bonds is 8. The maximum atomic E-state index is 9.50. The lowest BCUT2D eigenvalue weighted by Gasteiger charge is -2.20. The highest BCUT2D eigenvalue weighted by molar-refractivity contribution is 5.43. The quantitative estimate of drug-likeness (QED) is 0.785. The number of hydrogen-bond acceptors (Lipinski definition) is 5. The van der Waals surface area contributed by atoms with Crippen LogP contribution in [0.3, 0.4) is 0 Å². The van der Waals surface area contributed by atoms with Crippen LogP contribution in [0.1, 0.15) is 24.3 Å². The summed E-state index contributed by atoms with van der Waals surface area (Å²) in [5, 5.41) is 12.9. The number of furan rings is 1. The van der Waals surface area contributed by atoms with Gasteiger partial charge >= 0.3 is 0 Å². The average molecular weight is 305 g/mol. The average Bonchev–Trinajstić information content (AvgIpc) is 3.06. The van der Waals surface area contributed by atoms with Crippen LogP contribution < -0.4 is 14.8 Å². The molecule has 22 heavy (non-hydrogen) atoms. The maximum absolute atomic E-state index is 9.50. The molecule has 2 N–H and O–H groups in total. The van der Waals surface area contributed by atoms with Gasteiger partial charge in [-0.15, -0.1) is 0 Å². The molecular weight excluding hydrogens is 282 g/mol. The maximum Gasteiger partial charge on any atom is 0.160 e. The van der Waals surface area contributed by atoms with Crippen LogP contribution in [0.25, 0.3) is 0 Å². The van der Waals surface area contributed by atoms with Crippen LogP contribution >= 0.6 is 0 Å². The minimum absolute atomic E-state index is 0.0101. The molecular formula is C17H23NO4. The molecule has 0 radical (unpaired) electrons. The van der Waals surface area contributed by atoms with Crippen molar-refractivity contribution in [1.82, 2.24) is 5.32 Å². The first-order chi connectivity index (χ1) is 10.7. The van der Waals surface area contributed by atoms with Crippen molar-refractivity contribution in [2.24, 2.45) is 0 Å². The van der Waals surface area contributed by atoms with Crippen molar-refractivity contribution in [1.29, 1.82) is 0 Å². The zero-order chi connectivity index (χ0) is 15.9. The number of methoxy groups -OCH3 is 2. The molecule has 2 rings (SSSR count). The van der Waals surface area contributed by atoms with E-state index >= 15 is 0 Å². The predicted octanol–water partition coefficient (Wildman–Crippen LogP) is 2.55. The van der Waals surface area contributed by atoms with Crippen LogP contribution in [0.4, 0.5) is 0 Å². The molecule has 1 heterocycles. The summed E-state index contributed by atoms with van der Waals surface area (Å²) in [5.74, 6) is 2.18. The van der Waals surface area contributed by atoms with E-state index in [1.165, 1.54) is 0 Å². The highest BCUT2D eigenvalue weighted by atomic mass is 16.5. The zero-order valence-electron chi connectivity index (χ0n) is 13.2. The number of nitrogens with one attached hydrogen (secondary N) is 1. The van der Waals surface area contributed by atoms with Gasteiger partial charge in [-0.25, -0.2) is 0 Å². The normalized spacial score (nSPS) is 13.6. The number of aliphatic hydroxyl groups is 1. The molecule has 0 fully saturated rings. The van der Waals surface area contributed by atoms with E-state index in [4.69, 9.17) is 13.9 Å². The first-order valence-corrected chi connectivity index (χ1v) is 7.29. The molecule has 0 amide bonds. The highest BCUT2D eigenvalue weighted by Crippen LogP contribution is 2.28. The van der Waals surface area contributed by atoms with Gasteiger partial charge in [0.15, 0.2) is 11.5 Å². The van der Waals surface area contributed by atoms with Crippen LogP contribution in [-0.4, -0.2) is 32.0 Å². The van der Waals surface area contributed by atoms with Gasteiger partial charge in [0.1, 0.15) is 5.76 Å². The number of benzene rings is 1. The minimum atomic E-state index is -0.204. The summed E-state index contributed by atoms with van der Waals surface area (Å²) in [5.41, 5.74) is 1.13. The Kier molecular flexibility index (Phi) is 5.86. The van der Waals surface area contributed by atoms with E-state index in [2.05, 4.69) is 12.2 Å². The molecule has 0 saturated carbocycles. The Morgan fingerprint density at radius 1 is 1.18 bits per heavy atom. The summed E-state index contributed by atoms with van der Waals surface area (Å²) in [6.07, 6.45) is 2.41. The van der Waals surface area contributed by atoms with Crippen molar-refractivity contribution >= 4 is 0 Å². The lowest BCUT2D eigenvalue weighted by Crippen LogP contribution is -2.33. The molecule has 2 unspecified atom stereocenters. The number of hydrogen-bond donors (Lipinski definition) is 2. The van der Waals surface area contributed by atoms with Crippen LogP contribution in [0.15, 0.2) is 41.0 Å². The Hall–Kier alpha value is -1.98. The Balaban J connectivity index is 2.00. The largest absolute Gasteiger partial charge is 0.493 e. The summed E-state index contributed by atoms with van der Waals surface area (Å²) in [6, 6.07) is 9.52. The van der Waals surface area contributed by atoms with Gasteiger partial charge in [-0.3, -0.25) is 0 Å². The zero-order valence-corrected chi connectivity index (χ0v) is 13.2. The fourth-order valence-electron chi connectivity index (χ4n) is 2.48. The van der Waals surface area contributed by atoms with E-state index in [1.807, 2.05) is 30.3 Å². The first kappa shape index (κ1) is 16.4. The SMILES string of the molecule is COc1ccc(CC(C)NC(CO)c2ccco2)cc1OC. The molecule has 1 aromatic heterocycles. The van der Waals surface area contributed by atoms with E-state index < -0.39 is 0 Å². The third-order valence-electron chi connectivity index (χ3n) is 3.54. The number of aliphatic hydroxyl groups excluding tert-OH is 1. The van der Waals surface area contributed by atoms with E-state index in [-0.39, 0.29) is 18.7 Å². The second-order valence-corrected chi connectivity index (χ2v) is 5.21. The third kappa shape index (κ3) is 4.02. The van der Waals surface area contributed by atoms with Crippen molar-refractivity contribution in [3.8, 4) is 11.5 Å². The molecule has 5 heteroatoms. The summed E-state index contributed by atoms with van der Waals surface area (Å²) < 4.78 is 15.9. The van der Waals surface area contributed by atoms with Gasteiger partial charge in [-0.05, 0) is 43.2 Å². The fraction of sp³-hybridized carbons (Fsp3) is 0.412. The summed E-state index contributed by atoms with van der Waals surface area (Å²) in [4.78, 5) is 0. The topological polar surface area (TPSA) is 63.9 Å². The predicted molar refractivity (Wildman–Crippen MR) is 84.4 cm³/mol. The van der Waals surface area contributed by atoms with Crippen LogP contribution in [0.2, 0.25) is 0 Å². The van der Waals surface area contributed by atoms with E-state index in [0.717, 1.165) is 29.2 Å². The van der Waals surface area contributed by atoms with Crippen molar-refractivity contribution in [2.75, 3.05) is 20.8 Å². The van der Waals surface area contributed by atoms with Gasteiger partial charge in [-0.1, -0.05) is 6.07 Å². The summed E-state index contributed by atoms with van der Waals surface area (Å²) in [7, 11) is 3.25. The summed E-state index contributed by atoms with van der Waals surface area (Å²) in [6.45, 7) is 2.06. The Bertz CT molecular complexity index is 568. The summed E-state index contributed by atoms with van der Waals surface area (Å²) >= 11 is 0. The van der Waals surface area contributed by atoms with Crippen LogP contribution in [-0.2, 0) is 6.42 Å². The van der Waals surface area contributed by atoms with Crippen molar-refractivity contribution in [3.63, 3.8) is 0 Å². The lowest BCUT2D eigenvalue weighted by atomic mass is 10.1. The van der Waals surface area contributed by atoms with Crippen LogP contribution in [0, 0.1) is 0 Å². The van der Waals surface area contributed by atoms with Gasteiger partial charge in [0.05, 0.1) is 33.1 Å². The first-order valence-electron chi connectivity index (χ1n) is 7.29.